The number of carbonyl (C=O) groups excluding carboxylic acids is 3. The van der Waals surface area contributed by atoms with Crippen molar-refractivity contribution in [3.05, 3.63) is 57.8 Å². The van der Waals surface area contributed by atoms with Crippen LogP contribution in [-0.4, -0.2) is 65.0 Å². The standard InChI is InChI=1S/C25H31N3O4S/c1-4-18(3)26-22(29)20-16-32-25(28(20)23(30)19-9-6-5-8-17(19)2)11-13-27(14-12-25)24(31)21-10-7-15-33-21/h5-10,15,18,20H,4,11-14,16H2,1-3H3,(H,26,29)/t18-,20+/m1/s1. The van der Waals surface area contributed by atoms with Crippen molar-refractivity contribution in [3.63, 3.8) is 0 Å². The maximum absolute atomic E-state index is 13.8. The van der Waals surface area contributed by atoms with Gasteiger partial charge in [-0.25, -0.2) is 0 Å². The Hall–Kier alpha value is -2.71. The van der Waals surface area contributed by atoms with Gasteiger partial charge in [0, 0.05) is 37.5 Å². The van der Waals surface area contributed by atoms with Crippen LogP contribution in [0.25, 0.3) is 0 Å². The minimum absolute atomic E-state index is 0.000640. The molecule has 0 aliphatic carbocycles. The van der Waals surface area contributed by atoms with Gasteiger partial charge < -0.3 is 15.0 Å². The Bertz CT molecular complexity index is 1010. The number of ether oxygens (including phenoxy) is 1. The molecule has 2 aliphatic rings. The summed E-state index contributed by atoms with van der Waals surface area (Å²) in [5, 5.41) is 4.90. The van der Waals surface area contributed by atoms with E-state index in [0.29, 0.717) is 36.4 Å². The third kappa shape index (κ3) is 4.54. The van der Waals surface area contributed by atoms with Crippen LogP contribution in [0, 0.1) is 6.92 Å². The fraction of sp³-hybridized carbons (Fsp3) is 0.480. The number of benzene rings is 1. The molecule has 0 saturated carbocycles. The smallest absolute Gasteiger partial charge is 0.263 e. The number of carbonyl (C=O) groups is 3. The molecule has 2 saturated heterocycles. The summed E-state index contributed by atoms with van der Waals surface area (Å²) in [5.41, 5.74) is 0.528. The number of rotatable bonds is 5. The van der Waals surface area contributed by atoms with Crippen molar-refractivity contribution in [1.82, 2.24) is 15.1 Å². The minimum atomic E-state index is -0.900. The maximum Gasteiger partial charge on any atom is 0.263 e. The Morgan fingerprint density at radius 2 is 1.88 bits per heavy atom. The van der Waals surface area contributed by atoms with E-state index in [-0.39, 0.29) is 30.4 Å². The van der Waals surface area contributed by atoms with Gasteiger partial charge in [0.25, 0.3) is 11.8 Å². The van der Waals surface area contributed by atoms with Gasteiger partial charge in [0.1, 0.15) is 11.8 Å². The Morgan fingerprint density at radius 3 is 2.52 bits per heavy atom. The van der Waals surface area contributed by atoms with Crippen LogP contribution >= 0.6 is 11.3 Å². The normalized spacial score (nSPS) is 20.6. The lowest BCUT2D eigenvalue weighted by molar-refractivity contribution is -0.128. The van der Waals surface area contributed by atoms with Crippen LogP contribution in [0.1, 0.15) is 58.7 Å². The van der Waals surface area contributed by atoms with Gasteiger partial charge in [-0.05, 0) is 43.3 Å². The van der Waals surface area contributed by atoms with Gasteiger partial charge in [0.15, 0.2) is 0 Å². The van der Waals surface area contributed by atoms with Crippen LogP contribution < -0.4 is 5.32 Å². The van der Waals surface area contributed by atoms with Crippen LogP contribution in [0.4, 0.5) is 0 Å². The van der Waals surface area contributed by atoms with E-state index in [2.05, 4.69) is 5.32 Å². The van der Waals surface area contributed by atoms with Crippen molar-refractivity contribution in [2.45, 2.75) is 57.8 Å². The van der Waals surface area contributed by atoms with Crippen molar-refractivity contribution in [1.29, 1.82) is 0 Å². The third-order valence-corrected chi connectivity index (χ3v) is 7.58. The molecule has 0 bridgehead atoms. The Labute approximate surface area is 198 Å². The Kier molecular flexibility index (Phi) is 6.86. The van der Waals surface area contributed by atoms with Gasteiger partial charge in [-0.1, -0.05) is 31.2 Å². The van der Waals surface area contributed by atoms with Gasteiger partial charge in [0.2, 0.25) is 5.91 Å². The monoisotopic (exact) mass is 469 g/mol. The molecule has 2 atom stereocenters. The number of aryl methyl sites for hydroxylation is 1. The van der Waals surface area contributed by atoms with E-state index in [0.717, 1.165) is 12.0 Å². The summed E-state index contributed by atoms with van der Waals surface area (Å²) < 4.78 is 6.25. The molecule has 33 heavy (non-hydrogen) atoms. The highest BCUT2D eigenvalue weighted by atomic mass is 32.1. The Morgan fingerprint density at radius 1 is 1.15 bits per heavy atom. The summed E-state index contributed by atoms with van der Waals surface area (Å²) in [6, 6.07) is 10.4. The van der Waals surface area contributed by atoms with Gasteiger partial charge in [-0.3, -0.25) is 19.3 Å². The second-order valence-corrected chi connectivity index (χ2v) is 9.80. The number of likely N-dealkylation sites (tertiary alicyclic amines) is 1. The van der Waals surface area contributed by atoms with Crippen LogP contribution in [0.2, 0.25) is 0 Å². The van der Waals surface area contributed by atoms with Crippen LogP contribution in [0.15, 0.2) is 41.8 Å². The molecule has 2 aromatic rings. The molecule has 2 aliphatic heterocycles. The summed E-state index contributed by atoms with van der Waals surface area (Å²) >= 11 is 1.42. The van der Waals surface area contributed by atoms with E-state index in [1.807, 2.05) is 61.4 Å². The number of thiophene rings is 1. The third-order valence-electron chi connectivity index (χ3n) is 6.72. The molecule has 1 spiro atoms. The minimum Gasteiger partial charge on any atom is -0.353 e. The number of piperidine rings is 1. The number of amides is 3. The molecule has 3 heterocycles. The topological polar surface area (TPSA) is 79.0 Å². The quantitative estimate of drug-likeness (QED) is 0.728. The van der Waals surface area contributed by atoms with Crippen molar-refractivity contribution in [3.8, 4) is 0 Å². The average molecular weight is 470 g/mol. The lowest BCUT2D eigenvalue weighted by Crippen LogP contribution is -2.60. The van der Waals surface area contributed by atoms with Gasteiger partial charge in [0.05, 0.1) is 11.5 Å². The molecule has 0 radical (unpaired) electrons. The van der Waals surface area contributed by atoms with Crippen molar-refractivity contribution in [2.75, 3.05) is 19.7 Å². The summed E-state index contributed by atoms with van der Waals surface area (Å²) in [5.74, 6) is -0.395. The molecule has 7 nitrogen and oxygen atoms in total. The van der Waals surface area contributed by atoms with Gasteiger partial charge in [-0.15, -0.1) is 11.3 Å². The molecule has 4 rings (SSSR count). The fourth-order valence-corrected chi connectivity index (χ4v) is 5.26. The van der Waals surface area contributed by atoms with E-state index in [1.54, 1.807) is 11.0 Å². The second kappa shape index (κ2) is 9.65. The Balaban J connectivity index is 1.60. The largest absolute Gasteiger partial charge is 0.353 e. The van der Waals surface area contributed by atoms with Crippen molar-refractivity contribution >= 4 is 29.1 Å². The number of nitrogens with zero attached hydrogens (tertiary/aromatic N) is 2. The molecule has 2 fully saturated rings. The predicted octanol–water partition coefficient (Wildman–Crippen LogP) is 3.44. The molecule has 176 valence electrons. The van der Waals surface area contributed by atoms with E-state index in [1.165, 1.54) is 11.3 Å². The highest BCUT2D eigenvalue weighted by Crippen LogP contribution is 2.39. The molecule has 1 aromatic heterocycles. The predicted molar refractivity (Wildman–Crippen MR) is 127 cm³/mol. The highest BCUT2D eigenvalue weighted by molar-refractivity contribution is 7.12. The first-order valence-corrected chi connectivity index (χ1v) is 12.4. The molecular formula is C25H31N3O4S. The number of hydrogen-bond acceptors (Lipinski definition) is 5. The zero-order valence-electron chi connectivity index (χ0n) is 19.4. The zero-order valence-corrected chi connectivity index (χ0v) is 20.2. The zero-order chi connectivity index (χ0) is 23.6. The number of nitrogens with one attached hydrogen (secondary N) is 1. The fourth-order valence-electron chi connectivity index (χ4n) is 4.57. The van der Waals surface area contributed by atoms with Crippen LogP contribution in [0.3, 0.4) is 0 Å². The van der Waals surface area contributed by atoms with E-state index < -0.39 is 11.8 Å². The highest BCUT2D eigenvalue weighted by Gasteiger charge is 2.54. The summed E-state index contributed by atoms with van der Waals surface area (Å²) in [7, 11) is 0. The van der Waals surface area contributed by atoms with E-state index in [4.69, 9.17) is 4.74 Å². The van der Waals surface area contributed by atoms with Gasteiger partial charge >= 0.3 is 0 Å². The lowest BCUT2D eigenvalue weighted by atomic mass is 9.95. The second-order valence-electron chi connectivity index (χ2n) is 8.85. The molecule has 3 amide bonds. The number of hydrogen-bond donors (Lipinski definition) is 1. The lowest BCUT2D eigenvalue weighted by Gasteiger charge is -2.44. The first-order valence-electron chi connectivity index (χ1n) is 11.5. The molecule has 0 unspecified atom stereocenters. The molecule has 1 aromatic carbocycles. The molecule has 1 N–H and O–H groups in total. The molecule has 8 heteroatoms. The average Bonchev–Trinajstić information content (AvgIpc) is 3.48. The van der Waals surface area contributed by atoms with E-state index in [9.17, 15) is 14.4 Å². The van der Waals surface area contributed by atoms with Crippen LogP contribution in [0.5, 0.6) is 0 Å². The van der Waals surface area contributed by atoms with E-state index >= 15 is 0 Å². The summed E-state index contributed by atoms with van der Waals surface area (Å²) in [4.78, 5) is 43.9. The summed E-state index contributed by atoms with van der Waals surface area (Å²) in [6.07, 6.45) is 1.74. The maximum atomic E-state index is 13.8. The van der Waals surface area contributed by atoms with Crippen molar-refractivity contribution in [2.24, 2.45) is 0 Å². The van der Waals surface area contributed by atoms with Crippen molar-refractivity contribution < 1.29 is 19.1 Å². The first-order chi connectivity index (χ1) is 15.9. The van der Waals surface area contributed by atoms with Gasteiger partial charge in [-0.2, -0.15) is 0 Å². The van der Waals surface area contributed by atoms with Crippen LogP contribution in [-0.2, 0) is 9.53 Å². The molecular weight excluding hydrogens is 438 g/mol. The summed E-state index contributed by atoms with van der Waals surface area (Å²) in [6.45, 7) is 6.94. The first kappa shape index (κ1) is 23.4. The SMILES string of the molecule is CC[C@@H](C)NC(=O)[C@@H]1COC2(CCN(C(=O)c3cccs3)CC2)N1C(=O)c1ccccc1C.